The molecule has 0 spiro atoms. The van der Waals surface area contributed by atoms with Gasteiger partial charge in [0.15, 0.2) is 5.11 Å². The first-order chi connectivity index (χ1) is 12.0. The molecule has 0 heterocycles. The molecule has 0 radical (unpaired) electrons. The topological polar surface area (TPSA) is 59.6 Å². The second kappa shape index (κ2) is 9.03. The number of nitrogens with one attached hydrogen (secondary N) is 2. The van der Waals surface area contributed by atoms with Crippen LogP contribution in [0.15, 0.2) is 48.5 Å². The van der Waals surface area contributed by atoms with Gasteiger partial charge in [0.1, 0.15) is 11.5 Å². The van der Waals surface area contributed by atoms with Crippen LogP contribution < -0.4 is 20.1 Å². The molecule has 2 N–H and O–H groups in total. The van der Waals surface area contributed by atoms with E-state index in [-0.39, 0.29) is 17.1 Å². The SMILES string of the molecule is CCOc1ccccc1NC(=S)NC(=O)c1ccccc1OC(C)C. The normalized spacial score (nSPS) is 10.2. The first-order valence-corrected chi connectivity index (χ1v) is 8.52. The van der Waals surface area contributed by atoms with E-state index < -0.39 is 0 Å². The number of carbonyl (C=O) groups is 1. The van der Waals surface area contributed by atoms with E-state index in [0.29, 0.717) is 29.4 Å². The molecule has 132 valence electrons. The van der Waals surface area contributed by atoms with Crippen molar-refractivity contribution in [1.82, 2.24) is 5.32 Å². The zero-order valence-corrected chi connectivity index (χ0v) is 15.4. The smallest absolute Gasteiger partial charge is 0.261 e. The number of para-hydroxylation sites is 3. The van der Waals surface area contributed by atoms with Crippen LogP contribution in [0, 0.1) is 0 Å². The van der Waals surface area contributed by atoms with Crippen molar-refractivity contribution in [3.8, 4) is 11.5 Å². The molecule has 0 aliphatic rings. The molecule has 5 nitrogen and oxygen atoms in total. The van der Waals surface area contributed by atoms with Crippen molar-refractivity contribution in [2.45, 2.75) is 26.9 Å². The highest BCUT2D eigenvalue weighted by Gasteiger charge is 2.15. The summed E-state index contributed by atoms with van der Waals surface area (Å²) < 4.78 is 11.2. The fraction of sp³-hybridized carbons (Fsp3) is 0.263. The van der Waals surface area contributed by atoms with E-state index in [2.05, 4.69) is 10.6 Å². The summed E-state index contributed by atoms with van der Waals surface area (Å²) in [6, 6.07) is 14.5. The third-order valence-electron chi connectivity index (χ3n) is 3.16. The van der Waals surface area contributed by atoms with E-state index >= 15 is 0 Å². The number of carbonyl (C=O) groups excluding carboxylic acids is 1. The Balaban J connectivity index is 2.08. The Bertz CT molecular complexity index is 747. The Hall–Kier alpha value is -2.60. The number of hydrogen-bond donors (Lipinski definition) is 2. The Morgan fingerprint density at radius 1 is 1.08 bits per heavy atom. The average Bonchev–Trinajstić information content (AvgIpc) is 2.56. The Kier molecular flexibility index (Phi) is 6.77. The third kappa shape index (κ3) is 5.46. The van der Waals surface area contributed by atoms with Crippen molar-refractivity contribution in [3.63, 3.8) is 0 Å². The largest absolute Gasteiger partial charge is 0.492 e. The molecule has 2 rings (SSSR count). The third-order valence-corrected chi connectivity index (χ3v) is 3.36. The predicted molar refractivity (Wildman–Crippen MR) is 104 cm³/mol. The Labute approximate surface area is 153 Å². The minimum atomic E-state index is -0.331. The van der Waals surface area contributed by atoms with Gasteiger partial charge in [0.25, 0.3) is 5.91 Å². The standard InChI is InChI=1S/C19H22N2O3S/c1-4-23-17-12-8-6-10-15(17)20-19(25)21-18(22)14-9-5-7-11-16(14)24-13(2)3/h5-13H,4H2,1-3H3,(H2,20,21,22,25). The summed E-state index contributed by atoms with van der Waals surface area (Å²) in [6.07, 6.45) is -0.0305. The van der Waals surface area contributed by atoms with Crippen LogP contribution in [-0.2, 0) is 0 Å². The lowest BCUT2D eigenvalue weighted by atomic mass is 10.2. The van der Waals surface area contributed by atoms with Crippen LogP contribution >= 0.6 is 12.2 Å². The molecule has 0 fully saturated rings. The maximum atomic E-state index is 12.5. The van der Waals surface area contributed by atoms with E-state index in [1.165, 1.54) is 0 Å². The molecule has 0 saturated carbocycles. The van der Waals surface area contributed by atoms with Gasteiger partial charge in [-0.15, -0.1) is 0 Å². The molecular formula is C19H22N2O3S. The van der Waals surface area contributed by atoms with Crippen LogP contribution in [-0.4, -0.2) is 23.7 Å². The summed E-state index contributed by atoms with van der Waals surface area (Å²) >= 11 is 5.25. The molecule has 0 unspecified atom stereocenters. The minimum Gasteiger partial charge on any atom is -0.492 e. The van der Waals surface area contributed by atoms with Crippen LogP contribution in [0.5, 0.6) is 11.5 Å². The summed E-state index contributed by atoms with van der Waals surface area (Å²) in [7, 11) is 0. The van der Waals surface area contributed by atoms with Crippen molar-refractivity contribution < 1.29 is 14.3 Å². The van der Waals surface area contributed by atoms with Gasteiger partial charge in [0.05, 0.1) is 24.0 Å². The zero-order valence-electron chi connectivity index (χ0n) is 14.5. The molecule has 0 aliphatic heterocycles. The Morgan fingerprint density at radius 3 is 2.40 bits per heavy atom. The fourth-order valence-corrected chi connectivity index (χ4v) is 2.39. The maximum absolute atomic E-state index is 12.5. The van der Waals surface area contributed by atoms with Crippen molar-refractivity contribution in [2.75, 3.05) is 11.9 Å². The van der Waals surface area contributed by atoms with Gasteiger partial charge in [-0.05, 0) is 57.3 Å². The summed E-state index contributed by atoms with van der Waals surface area (Å²) in [5.41, 5.74) is 1.12. The first kappa shape index (κ1) is 18.7. The average molecular weight is 358 g/mol. The summed E-state index contributed by atoms with van der Waals surface area (Å²) in [4.78, 5) is 12.5. The zero-order chi connectivity index (χ0) is 18.2. The highest BCUT2D eigenvalue weighted by molar-refractivity contribution is 7.80. The first-order valence-electron chi connectivity index (χ1n) is 8.11. The monoisotopic (exact) mass is 358 g/mol. The predicted octanol–water partition coefficient (Wildman–Crippen LogP) is 4.00. The van der Waals surface area contributed by atoms with Gasteiger partial charge in [-0.1, -0.05) is 24.3 Å². The molecule has 0 atom stereocenters. The molecular weight excluding hydrogens is 336 g/mol. The number of rotatable bonds is 6. The second-order valence-corrected chi connectivity index (χ2v) is 5.91. The van der Waals surface area contributed by atoms with Crippen molar-refractivity contribution in [3.05, 3.63) is 54.1 Å². The van der Waals surface area contributed by atoms with Gasteiger partial charge in [-0.2, -0.15) is 0 Å². The molecule has 1 amide bonds. The van der Waals surface area contributed by atoms with E-state index in [4.69, 9.17) is 21.7 Å². The van der Waals surface area contributed by atoms with Gasteiger partial charge < -0.3 is 14.8 Å². The number of anilines is 1. The summed E-state index contributed by atoms with van der Waals surface area (Å²) in [5, 5.41) is 5.85. The van der Waals surface area contributed by atoms with Crippen LogP contribution in [0.3, 0.4) is 0 Å². The number of amides is 1. The van der Waals surface area contributed by atoms with Crippen LogP contribution in [0.25, 0.3) is 0 Å². The molecule has 25 heavy (non-hydrogen) atoms. The highest BCUT2D eigenvalue weighted by Crippen LogP contribution is 2.24. The van der Waals surface area contributed by atoms with Crippen LogP contribution in [0.1, 0.15) is 31.1 Å². The number of ether oxygens (including phenoxy) is 2. The minimum absolute atomic E-state index is 0.0305. The molecule has 2 aromatic carbocycles. The summed E-state index contributed by atoms with van der Waals surface area (Å²) in [5.74, 6) is 0.861. The van der Waals surface area contributed by atoms with E-state index in [9.17, 15) is 4.79 Å². The van der Waals surface area contributed by atoms with Gasteiger partial charge in [0, 0.05) is 0 Å². The number of hydrogen-bond acceptors (Lipinski definition) is 4. The van der Waals surface area contributed by atoms with Gasteiger partial charge in [-0.25, -0.2) is 0 Å². The van der Waals surface area contributed by atoms with E-state index in [1.807, 2.05) is 51.1 Å². The second-order valence-electron chi connectivity index (χ2n) is 5.50. The van der Waals surface area contributed by atoms with Gasteiger partial charge in [0.2, 0.25) is 0 Å². The molecule has 0 aliphatic carbocycles. The van der Waals surface area contributed by atoms with E-state index in [1.54, 1.807) is 18.2 Å². The van der Waals surface area contributed by atoms with Crippen molar-refractivity contribution in [2.24, 2.45) is 0 Å². The molecule has 0 aromatic heterocycles. The van der Waals surface area contributed by atoms with Gasteiger partial charge >= 0.3 is 0 Å². The van der Waals surface area contributed by atoms with Crippen LogP contribution in [0.4, 0.5) is 5.69 Å². The molecule has 0 saturated heterocycles. The lowest BCUT2D eigenvalue weighted by Gasteiger charge is -2.16. The highest BCUT2D eigenvalue weighted by atomic mass is 32.1. The number of benzene rings is 2. The van der Waals surface area contributed by atoms with Crippen LogP contribution in [0.2, 0.25) is 0 Å². The summed E-state index contributed by atoms with van der Waals surface area (Å²) in [6.45, 7) is 6.26. The van der Waals surface area contributed by atoms with Crippen molar-refractivity contribution >= 4 is 28.9 Å². The maximum Gasteiger partial charge on any atom is 0.261 e. The lowest BCUT2D eigenvalue weighted by Crippen LogP contribution is -2.34. The fourth-order valence-electron chi connectivity index (χ4n) is 2.19. The van der Waals surface area contributed by atoms with Crippen molar-refractivity contribution in [1.29, 1.82) is 0 Å². The molecule has 6 heteroatoms. The van der Waals surface area contributed by atoms with Gasteiger partial charge in [-0.3, -0.25) is 10.1 Å². The number of thiocarbonyl (C=S) groups is 1. The Morgan fingerprint density at radius 2 is 1.72 bits per heavy atom. The quantitative estimate of drug-likeness (QED) is 0.765. The lowest BCUT2D eigenvalue weighted by molar-refractivity contribution is 0.0972. The molecule has 2 aromatic rings. The van der Waals surface area contributed by atoms with E-state index in [0.717, 1.165) is 0 Å². The molecule has 0 bridgehead atoms.